The molecule has 98 valence electrons. The van der Waals surface area contributed by atoms with Gasteiger partial charge in [-0.25, -0.2) is 0 Å². The van der Waals surface area contributed by atoms with Crippen LogP contribution in [0.3, 0.4) is 0 Å². The van der Waals surface area contributed by atoms with Crippen LogP contribution in [0.25, 0.3) is 0 Å². The number of hydrogen-bond donors (Lipinski definition) is 2. The molecule has 0 aliphatic carbocycles. The van der Waals surface area contributed by atoms with Gasteiger partial charge in [0.2, 0.25) is 5.91 Å². The average molecular weight is 247 g/mol. The monoisotopic (exact) mass is 247 g/mol. The predicted molar refractivity (Wildman–Crippen MR) is 74.6 cm³/mol. The van der Waals surface area contributed by atoms with Crippen molar-refractivity contribution in [2.75, 3.05) is 17.2 Å². The van der Waals surface area contributed by atoms with Gasteiger partial charge in [-0.2, -0.15) is 0 Å². The number of carbonyl (C=O) groups excluding carboxylic acids is 1. The topological polar surface area (TPSA) is 58.4 Å². The Balaban J connectivity index is 2.18. The van der Waals surface area contributed by atoms with E-state index < -0.39 is 0 Å². The summed E-state index contributed by atoms with van der Waals surface area (Å²) >= 11 is 0. The SMILES string of the molecule is CC(C)NC(=O)C(C)N1CCc2c(N)cccc21. The Labute approximate surface area is 108 Å². The van der Waals surface area contributed by atoms with Gasteiger partial charge in [-0.3, -0.25) is 4.79 Å². The molecule has 18 heavy (non-hydrogen) atoms. The third kappa shape index (κ3) is 2.28. The van der Waals surface area contributed by atoms with E-state index in [1.807, 2.05) is 39.0 Å². The third-order valence-corrected chi connectivity index (χ3v) is 3.38. The average Bonchev–Trinajstić information content (AvgIpc) is 2.72. The first-order valence-corrected chi connectivity index (χ1v) is 6.45. The van der Waals surface area contributed by atoms with Crippen molar-refractivity contribution < 1.29 is 4.79 Å². The van der Waals surface area contributed by atoms with Crippen LogP contribution in [0.15, 0.2) is 18.2 Å². The predicted octanol–water partition coefficient (Wildman–Crippen LogP) is 1.54. The van der Waals surface area contributed by atoms with Crippen LogP contribution in [0, 0.1) is 0 Å². The first kappa shape index (κ1) is 12.7. The summed E-state index contributed by atoms with van der Waals surface area (Å²) in [7, 11) is 0. The van der Waals surface area contributed by atoms with Gasteiger partial charge in [0, 0.05) is 29.5 Å². The Morgan fingerprint density at radius 1 is 1.39 bits per heavy atom. The van der Waals surface area contributed by atoms with Gasteiger partial charge in [0.1, 0.15) is 6.04 Å². The summed E-state index contributed by atoms with van der Waals surface area (Å²) in [5, 5.41) is 2.95. The molecule has 0 saturated carbocycles. The lowest BCUT2D eigenvalue weighted by atomic mass is 10.1. The minimum atomic E-state index is -0.157. The number of fused-ring (bicyclic) bond motifs is 1. The molecule has 4 heteroatoms. The fraction of sp³-hybridized carbons (Fsp3) is 0.500. The fourth-order valence-corrected chi connectivity index (χ4v) is 2.44. The molecule has 0 fully saturated rings. The smallest absolute Gasteiger partial charge is 0.242 e. The molecule has 1 amide bonds. The van der Waals surface area contributed by atoms with E-state index in [2.05, 4.69) is 10.2 Å². The van der Waals surface area contributed by atoms with Crippen molar-refractivity contribution >= 4 is 17.3 Å². The molecule has 0 aromatic heterocycles. The molecule has 1 unspecified atom stereocenters. The van der Waals surface area contributed by atoms with E-state index in [-0.39, 0.29) is 18.0 Å². The van der Waals surface area contributed by atoms with E-state index in [1.165, 1.54) is 5.56 Å². The van der Waals surface area contributed by atoms with Crippen molar-refractivity contribution in [1.29, 1.82) is 0 Å². The quantitative estimate of drug-likeness (QED) is 0.797. The van der Waals surface area contributed by atoms with Gasteiger partial charge < -0.3 is 16.0 Å². The van der Waals surface area contributed by atoms with Gasteiger partial charge in [0.15, 0.2) is 0 Å². The van der Waals surface area contributed by atoms with E-state index in [9.17, 15) is 4.79 Å². The van der Waals surface area contributed by atoms with Gasteiger partial charge >= 0.3 is 0 Å². The number of nitrogens with two attached hydrogens (primary N) is 1. The van der Waals surface area contributed by atoms with Crippen LogP contribution in [0.2, 0.25) is 0 Å². The molecule has 0 bridgehead atoms. The zero-order valence-corrected chi connectivity index (χ0v) is 11.2. The highest BCUT2D eigenvalue weighted by atomic mass is 16.2. The number of carbonyl (C=O) groups is 1. The summed E-state index contributed by atoms with van der Waals surface area (Å²) < 4.78 is 0. The summed E-state index contributed by atoms with van der Waals surface area (Å²) in [6.45, 7) is 6.74. The van der Waals surface area contributed by atoms with E-state index in [1.54, 1.807) is 0 Å². The Kier molecular flexibility index (Phi) is 3.45. The van der Waals surface area contributed by atoms with Crippen LogP contribution in [-0.2, 0) is 11.2 Å². The third-order valence-electron chi connectivity index (χ3n) is 3.38. The van der Waals surface area contributed by atoms with Crippen molar-refractivity contribution in [3.63, 3.8) is 0 Å². The second-order valence-electron chi connectivity index (χ2n) is 5.13. The van der Waals surface area contributed by atoms with Gasteiger partial charge in [0.05, 0.1) is 0 Å². The summed E-state index contributed by atoms with van der Waals surface area (Å²) in [5.74, 6) is 0.0697. The number of benzene rings is 1. The molecule has 1 heterocycles. The van der Waals surface area contributed by atoms with Gasteiger partial charge in [-0.05, 0) is 39.3 Å². The van der Waals surface area contributed by atoms with Crippen LogP contribution in [0.4, 0.5) is 11.4 Å². The zero-order valence-electron chi connectivity index (χ0n) is 11.2. The lowest BCUT2D eigenvalue weighted by molar-refractivity contribution is -0.122. The number of nitrogens with one attached hydrogen (secondary N) is 1. The molecule has 3 N–H and O–H groups in total. The van der Waals surface area contributed by atoms with E-state index in [0.29, 0.717) is 0 Å². The first-order valence-electron chi connectivity index (χ1n) is 6.45. The largest absolute Gasteiger partial charge is 0.398 e. The summed E-state index contributed by atoms with van der Waals surface area (Å²) in [5.41, 5.74) is 9.06. The first-order chi connectivity index (χ1) is 8.50. The van der Waals surface area contributed by atoms with Crippen molar-refractivity contribution in [1.82, 2.24) is 5.32 Å². The van der Waals surface area contributed by atoms with Crippen LogP contribution in [-0.4, -0.2) is 24.5 Å². The van der Waals surface area contributed by atoms with Crippen molar-refractivity contribution in [2.45, 2.75) is 39.3 Å². The molecule has 4 nitrogen and oxygen atoms in total. The maximum absolute atomic E-state index is 12.1. The lowest BCUT2D eigenvalue weighted by Gasteiger charge is -2.27. The van der Waals surface area contributed by atoms with Crippen LogP contribution in [0.5, 0.6) is 0 Å². The lowest BCUT2D eigenvalue weighted by Crippen LogP contribution is -2.46. The normalized spacial score (nSPS) is 15.7. The van der Waals surface area contributed by atoms with Gasteiger partial charge in [-0.15, -0.1) is 0 Å². The van der Waals surface area contributed by atoms with Gasteiger partial charge in [-0.1, -0.05) is 6.07 Å². The molecule has 1 atom stereocenters. The molecule has 1 aromatic rings. The Bertz CT molecular complexity index is 456. The minimum absolute atomic E-state index is 0.0697. The number of anilines is 2. The number of rotatable bonds is 3. The Morgan fingerprint density at radius 3 is 2.78 bits per heavy atom. The molecule has 0 spiro atoms. The Hall–Kier alpha value is -1.71. The molecule has 1 aliphatic rings. The van der Waals surface area contributed by atoms with Crippen molar-refractivity contribution in [3.8, 4) is 0 Å². The molecular formula is C14H21N3O. The standard InChI is InChI=1S/C14H21N3O/c1-9(2)16-14(18)10(3)17-8-7-11-12(15)5-4-6-13(11)17/h4-6,9-10H,7-8,15H2,1-3H3,(H,16,18). The highest BCUT2D eigenvalue weighted by Crippen LogP contribution is 2.33. The fourth-order valence-electron chi connectivity index (χ4n) is 2.44. The second-order valence-corrected chi connectivity index (χ2v) is 5.13. The number of hydrogen-bond acceptors (Lipinski definition) is 3. The molecule has 0 radical (unpaired) electrons. The molecule has 1 aromatic carbocycles. The summed E-state index contributed by atoms with van der Waals surface area (Å²) in [6, 6.07) is 5.91. The number of nitrogen functional groups attached to an aromatic ring is 1. The summed E-state index contributed by atoms with van der Waals surface area (Å²) in [6.07, 6.45) is 0.918. The van der Waals surface area contributed by atoms with Crippen LogP contribution in [0.1, 0.15) is 26.3 Å². The molecule has 0 saturated heterocycles. The zero-order chi connectivity index (χ0) is 13.3. The molecule has 2 rings (SSSR count). The number of amides is 1. The summed E-state index contributed by atoms with van der Waals surface area (Å²) in [4.78, 5) is 14.2. The second kappa shape index (κ2) is 4.88. The molecule has 1 aliphatic heterocycles. The van der Waals surface area contributed by atoms with Crippen LogP contribution < -0.4 is 16.0 Å². The highest BCUT2D eigenvalue weighted by Gasteiger charge is 2.28. The van der Waals surface area contributed by atoms with Gasteiger partial charge in [0.25, 0.3) is 0 Å². The number of nitrogens with zero attached hydrogens (tertiary/aromatic N) is 1. The van der Waals surface area contributed by atoms with Crippen LogP contribution >= 0.6 is 0 Å². The van der Waals surface area contributed by atoms with E-state index in [0.717, 1.165) is 24.3 Å². The molecular weight excluding hydrogens is 226 g/mol. The highest BCUT2D eigenvalue weighted by molar-refractivity contribution is 5.86. The minimum Gasteiger partial charge on any atom is -0.398 e. The van der Waals surface area contributed by atoms with E-state index in [4.69, 9.17) is 5.73 Å². The van der Waals surface area contributed by atoms with Crippen molar-refractivity contribution in [3.05, 3.63) is 23.8 Å². The van der Waals surface area contributed by atoms with E-state index >= 15 is 0 Å². The maximum atomic E-state index is 12.1. The van der Waals surface area contributed by atoms with Crippen molar-refractivity contribution in [2.24, 2.45) is 0 Å². The Morgan fingerprint density at radius 2 is 2.11 bits per heavy atom. The maximum Gasteiger partial charge on any atom is 0.242 e.